The number of rotatable bonds is 17. The van der Waals surface area contributed by atoms with E-state index in [0.29, 0.717) is 29.5 Å². The van der Waals surface area contributed by atoms with E-state index in [9.17, 15) is 14.9 Å². The quantitative estimate of drug-likeness (QED) is 0.193. The van der Waals surface area contributed by atoms with E-state index < -0.39 is 0 Å². The number of thioether (sulfide) groups is 1. The lowest BCUT2D eigenvalue weighted by Crippen LogP contribution is -2.27. The van der Waals surface area contributed by atoms with Gasteiger partial charge in [0.05, 0.1) is 17.4 Å². The van der Waals surface area contributed by atoms with E-state index in [2.05, 4.69) is 65.0 Å². The lowest BCUT2D eigenvalue weighted by atomic mass is 10.1. The number of nitrogens with one attached hydrogen (secondary N) is 3. The number of hydrogen-bond donors (Lipinski definition) is 3. The summed E-state index contributed by atoms with van der Waals surface area (Å²) in [5.74, 6) is -0.0683. The molecule has 3 N–H and O–H groups in total. The minimum Gasteiger partial charge on any atom is -0.379 e. The minimum atomic E-state index is -0.207. The van der Waals surface area contributed by atoms with E-state index in [1.165, 1.54) is 23.7 Å². The molecule has 0 fully saturated rings. The summed E-state index contributed by atoms with van der Waals surface area (Å²) in [6, 6.07) is 10.4. The van der Waals surface area contributed by atoms with Crippen LogP contribution in [0.1, 0.15) is 59.9 Å². The molecular weight excluding hydrogens is 482 g/mol. The van der Waals surface area contributed by atoms with Gasteiger partial charge in [-0.1, -0.05) is 51.6 Å². The highest BCUT2D eigenvalue weighted by molar-refractivity contribution is 8.06. The number of carbonyl (C=O) groups is 2. The van der Waals surface area contributed by atoms with Crippen LogP contribution in [-0.4, -0.2) is 55.5 Å². The van der Waals surface area contributed by atoms with Crippen LogP contribution in [0.3, 0.4) is 0 Å². The average molecular weight is 528 g/mol. The fraction of sp³-hybridized carbons (Fsp3) is 0.552. The van der Waals surface area contributed by atoms with E-state index >= 15 is 0 Å². The van der Waals surface area contributed by atoms with Crippen LogP contribution in [0.15, 0.2) is 46.2 Å². The van der Waals surface area contributed by atoms with Gasteiger partial charge in [0, 0.05) is 36.9 Å². The Morgan fingerprint density at radius 3 is 2.35 bits per heavy atom. The van der Waals surface area contributed by atoms with E-state index in [0.717, 1.165) is 31.7 Å². The second-order valence-corrected chi connectivity index (χ2v) is 10.4. The van der Waals surface area contributed by atoms with Crippen LogP contribution >= 0.6 is 11.8 Å². The fourth-order valence-electron chi connectivity index (χ4n) is 3.54. The number of nitrogens with zero attached hydrogens (tertiary/aromatic N) is 2. The molecule has 1 atom stereocenters. The fourth-order valence-corrected chi connectivity index (χ4v) is 4.41. The zero-order valence-corrected chi connectivity index (χ0v) is 24.2. The SMILES string of the molecule is CCCN(CC)CCc1ccc(NC(C)C=C(S/C=C(/C#N)CC(=O)NCC(C)C)C(=O)NCC)cc1. The molecule has 0 aromatic heterocycles. The van der Waals surface area contributed by atoms with Crippen molar-refractivity contribution in [1.82, 2.24) is 15.5 Å². The van der Waals surface area contributed by atoms with Crippen molar-refractivity contribution in [3.8, 4) is 6.07 Å². The molecule has 7 nitrogen and oxygen atoms in total. The van der Waals surface area contributed by atoms with Crippen molar-refractivity contribution in [2.75, 3.05) is 38.0 Å². The zero-order valence-electron chi connectivity index (χ0n) is 23.4. The summed E-state index contributed by atoms with van der Waals surface area (Å²) in [6.07, 6.45) is 4.02. The molecule has 37 heavy (non-hydrogen) atoms. The highest BCUT2D eigenvalue weighted by atomic mass is 32.2. The molecule has 2 amide bonds. The standard InChI is InChI=1S/C29H45N5O2S/c1-7-15-34(9-3)16-14-24-10-12-26(13-11-24)33-23(6)17-27(29(36)31-8-2)37-21-25(19-30)18-28(35)32-20-22(4)5/h10-13,17,21-23,33H,7-9,14-16,18,20H2,1-6H3,(H,31,36)(H,32,35)/b25-21+,27-17?. The molecule has 0 aliphatic rings. The number of carbonyl (C=O) groups excluding carboxylic acids is 2. The Hall–Kier alpha value is -2.76. The van der Waals surface area contributed by atoms with Crippen LogP contribution in [0.4, 0.5) is 5.69 Å². The van der Waals surface area contributed by atoms with Crippen molar-refractivity contribution in [3.05, 3.63) is 51.8 Å². The van der Waals surface area contributed by atoms with Crippen molar-refractivity contribution < 1.29 is 9.59 Å². The van der Waals surface area contributed by atoms with Crippen molar-refractivity contribution in [2.45, 2.75) is 66.8 Å². The Kier molecular flexibility index (Phi) is 16.1. The maximum absolute atomic E-state index is 12.7. The van der Waals surface area contributed by atoms with Gasteiger partial charge >= 0.3 is 0 Å². The number of amides is 2. The van der Waals surface area contributed by atoms with Crippen LogP contribution in [0.2, 0.25) is 0 Å². The molecule has 1 aromatic rings. The maximum atomic E-state index is 12.7. The second-order valence-electron chi connectivity index (χ2n) is 9.45. The van der Waals surface area contributed by atoms with Crippen LogP contribution in [0.5, 0.6) is 0 Å². The van der Waals surface area contributed by atoms with Crippen molar-refractivity contribution in [3.63, 3.8) is 0 Å². The summed E-state index contributed by atoms with van der Waals surface area (Å²) in [4.78, 5) is 27.7. The van der Waals surface area contributed by atoms with E-state index in [1.54, 1.807) is 5.41 Å². The van der Waals surface area contributed by atoms with Gasteiger partial charge in [-0.2, -0.15) is 5.26 Å². The first-order valence-corrected chi connectivity index (χ1v) is 14.2. The Labute approximate surface area is 228 Å². The van der Waals surface area contributed by atoms with Gasteiger partial charge in [-0.25, -0.2) is 0 Å². The molecule has 8 heteroatoms. The van der Waals surface area contributed by atoms with Gasteiger partial charge in [-0.15, -0.1) is 0 Å². The predicted octanol–water partition coefficient (Wildman–Crippen LogP) is 5.08. The third-order valence-electron chi connectivity index (χ3n) is 5.54. The summed E-state index contributed by atoms with van der Waals surface area (Å²) in [7, 11) is 0. The molecule has 1 aromatic carbocycles. The number of hydrogen-bond acceptors (Lipinski definition) is 6. The normalized spacial score (nSPS) is 12.8. The van der Waals surface area contributed by atoms with Crippen LogP contribution in [0, 0.1) is 17.2 Å². The van der Waals surface area contributed by atoms with E-state index in [4.69, 9.17) is 0 Å². The highest BCUT2D eigenvalue weighted by Gasteiger charge is 2.13. The third kappa shape index (κ3) is 13.9. The van der Waals surface area contributed by atoms with Gasteiger partial charge in [0.15, 0.2) is 0 Å². The Balaban J connectivity index is 2.83. The summed E-state index contributed by atoms with van der Waals surface area (Å²) < 4.78 is 0. The van der Waals surface area contributed by atoms with Gasteiger partial charge in [-0.05, 0) is 74.9 Å². The van der Waals surface area contributed by atoms with Crippen molar-refractivity contribution in [2.24, 2.45) is 5.92 Å². The van der Waals surface area contributed by atoms with E-state index in [1.807, 2.05) is 33.8 Å². The first-order valence-electron chi connectivity index (χ1n) is 13.3. The van der Waals surface area contributed by atoms with E-state index in [-0.39, 0.29) is 24.3 Å². The highest BCUT2D eigenvalue weighted by Crippen LogP contribution is 2.22. The maximum Gasteiger partial charge on any atom is 0.257 e. The van der Waals surface area contributed by atoms with Crippen LogP contribution in [-0.2, 0) is 16.0 Å². The van der Waals surface area contributed by atoms with Gasteiger partial charge in [0.2, 0.25) is 5.91 Å². The molecule has 0 saturated carbocycles. The lowest BCUT2D eigenvalue weighted by Gasteiger charge is -2.19. The summed E-state index contributed by atoms with van der Waals surface area (Å²) >= 11 is 1.17. The van der Waals surface area contributed by atoms with Crippen molar-refractivity contribution in [1.29, 1.82) is 5.26 Å². The first kappa shape index (κ1) is 32.3. The minimum absolute atomic E-state index is 0.00644. The summed E-state index contributed by atoms with van der Waals surface area (Å²) in [6.45, 7) is 16.6. The number of anilines is 1. The summed E-state index contributed by atoms with van der Waals surface area (Å²) in [5, 5.41) is 20.1. The predicted molar refractivity (Wildman–Crippen MR) is 156 cm³/mol. The molecule has 0 aliphatic carbocycles. The number of benzene rings is 1. The van der Waals surface area contributed by atoms with Crippen molar-refractivity contribution >= 4 is 29.3 Å². The smallest absolute Gasteiger partial charge is 0.257 e. The lowest BCUT2D eigenvalue weighted by molar-refractivity contribution is -0.120. The molecule has 0 radical (unpaired) electrons. The molecule has 0 saturated heterocycles. The third-order valence-corrected chi connectivity index (χ3v) is 6.52. The average Bonchev–Trinajstić information content (AvgIpc) is 2.87. The molecule has 0 heterocycles. The monoisotopic (exact) mass is 527 g/mol. The number of nitriles is 1. The zero-order chi connectivity index (χ0) is 27.6. The molecule has 0 bridgehead atoms. The van der Waals surface area contributed by atoms with Gasteiger partial charge in [-0.3, -0.25) is 9.59 Å². The molecular formula is C29H45N5O2S. The molecule has 0 spiro atoms. The summed E-state index contributed by atoms with van der Waals surface area (Å²) in [5.41, 5.74) is 2.59. The van der Waals surface area contributed by atoms with Crippen LogP contribution in [0.25, 0.3) is 0 Å². The molecule has 0 aliphatic heterocycles. The molecule has 1 unspecified atom stereocenters. The Morgan fingerprint density at radius 1 is 1.08 bits per heavy atom. The van der Waals surface area contributed by atoms with Gasteiger partial charge in [0.1, 0.15) is 0 Å². The molecule has 204 valence electrons. The number of likely N-dealkylation sites (N-methyl/N-ethyl adjacent to an activating group) is 2. The Bertz CT molecular complexity index is 935. The second kappa shape index (κ2) is 18.5. The first-order chi connectivity index (χ1) is 17.7. The largest absolute Gasteiger partial charge is 0.379 e. The van der Waals surface area contributed by atoms with Crippen LogP contribution < -0.4 is 16.0 Å². The van der Waals surface area contributed by atoms with Gasteiger partial charge < -0.3 is 20.9 Å². The Morgan fingerprint density at radius 2 is 1.78 bits per heavy atom. The van der Waals surface area contributed by atoms with Gasteiger partial charge in [0.25, 0.3) is 5.91 Å². The molecule has 1 rings (SSSR count). The topological polar surface area (TPSA) is 97.3 Å².